The first-order chi connectivity index (χ1) is 11.8. The van der Waals surface area contributed by atoms with Gasteiger partial charge in [-0.3, -0.25) is 19.7 Å². The minimum atomic E-state index is -0.775. The van der Waals surface area contributed by atoms with Crippen molar-refractivity contribution in [1.82, 2.24) is 5.32 Å². The molecule has 25 heavy (non-hydrogen) atoms. The van der Waals surface area contributed by atoms with Crippen molar-refractivity contribution in [2.45, 2.75) is 6.92 Å². The fourth-order valence-corrected chi connectivity index (χ4v) is 2.49. The zero-order valence-electron chi connectivity index (χ0n) is 13.7. The number of nitro benzene ring substituents is 1. The number of hydrogen-bond donors (Lipinski definition) is 1. The van der Waals surface area contributed by atoms with Gasteiger partial charge in [-0.05, 0) is 30.7 Å². The van der Waals surface area contributed by atoms with Crippen molar-refractivity contribution in [3.05, 3.63) is 68.7 Å². The summed E-state index contributed by atoms with van der Waals surface area (Å²) in [6.45, 7) is 1.59. The van der Waals surface area contributed by atoms with Gasteiger partial charge in [0.25, 0.3) is 11.6 Å². The lowest BCUT2D eigenvalue weighted by atomic mass is 10.1. The molecule has 1 N–H and O–H groups in total. The van der Waals surface area contributed by atoms with E-state index in [0.29, 0.717) is 5.69 Å². The van der Waals surface area contributed by atoms with Gasteiger partial charge in [-0.15, -0.1) is 0 Å². The third-order valence-corrected chi connectivity index (χ3v) is 3.89. The standard InChI is InChI=1S/C17H16ClN3O4/c1-11-5-3-6-12(9-11)20(2)15(22)10-19-17(23)16-13(18)7-4-8-14(16)21(24)25/h3-9H,10H2,1-2H3,(H,19,23). The van der Waals surface area contributed by atoms with Crippen LogP contribution < -0.4 is 10.2 Å². The van der Waals surface area contributed by atoms with Crippen molar-refractivity contribution in [3.63, 3.8) is 0 Å². The number of carbonyl (C=O) groups is 2. The number of nitro groups is 1. The van der Waals surface area contributed by atoms with E-state index in [1.54, 1.807) is 13.1 Å². The number of nitrogens with one attached hydrogen (secondary N) is 1. The zero-order chi connectivity index (χ0) is 18.6. The predicted molar refractivity (Wildman–Crippen MR) is 95.0 cm³/mol. The molecule has 0 saturated heterocycles. The summed E-state index contributed by atoms with van der Waals surface area (Å²) in [6.07, 6.45) is 0. The first-order valence-electron chi connectivity index (χ1n) is 7.35. The van der Waals surface area contributed by atoms with Gasteiger partial charge in [-0.1, -0.05) is 29.8 Å². The number of amides is 2. The largest absolute Gasteiger partial charge is 0.343 e. The molecule has 0 bridgehead atoms. The highest BCUT2D eigenvalue weighted by atomic mass is 35.5. The Morgan fingerprint density at radius 1 is 1.24 bits per heavy atom. The van der Waals surface area contributed by atoms with Crippen molar-refractivity contribution in [3.8, 4) is 0 Å². The molecule has 8 heteroatoms. The first kappa shape index (κ1) is 18.4. The van der Waals surface area contributed by atoms with E-state index in [-0.39, 0.29) is 23.0 Å². The highest BCUT2D eigenvalue weighted by molar-refractivity contribution is 6.34. The van der Waals surface area contributed by atoms with Crippen LogP contribution in [-0.4, -0.2) is 30.3 Å². The molecular formula is C17H16ClN3O4. The van der Waals surface area contributed by atoms with Crippen LogP contribution in [0.4, 0.5) is 11.4 Å². The monoisotopic (exact) mass is 361 g/mol. The molecule has 2 aromatic rings. The van der Waals surface area contributed by atoms with Crippen LogP contribution in [0.2, 0.25) is 5.02 Å². The molecule has 2 amide bonds. The number of anilines is 1. The first-order valence-corrected chi connectivity index (χ1v) is 7.73. The molecule has 0 radical (unpaired) electrons. The molecule has 0 unspecified atom stereocenters. The Balaban J connectivity index is 2.10. The molecule has 0 aromatic heterocycles. The van der Waals surface area contributed by atoms with Crippen molar-refractivity contribution >= 4 is 34.8 Å². The summed E-state index contributed by atoms with van der Waals surface area (Å²) in [7, 11) is 1.58. The molecule has 0 heterocycles. The fraction of sp³-hybridized carbons (Fsp3) is 0.176. The van der Waals surface area contributed by atoms with Crippen molar-refractivity contribution in [1.29, 1.82) is 0 Å². The highest BCUT2D eigenvalue weighted by Gasteiger charge is 2.24. The Morgan fingerprint density at radius 2 is 1.92 bits per heavy atom. The summed E-state index contributed by atoms with van der Waals surface area (Å²) in [5, 5.41) is 13.4. The quantitative estimate of drug-likeness (QED) is 0.654. The minimum absolute atomic E-state index is 0.0498. The summed E-state index contributed by atoms with van der Waals surface area (Å²) in [5.74, 6) is -1.14. The maximum Gasteiger partial charge on any atom is 0.283 e. The van der Waals surface area contributed by atoms with Gasteiger partial charge in [0.15, 0.2) is 0 Å². The van der Waals surface area contributed by atoms with Gasteiger partial charge in [0.2, 0.25) is 5.91 Å². The van der Waals surface area contributed by atoms with Crippen LogP contribution in [0.5, 0.6) is 0 Å². The SMILES string of the molecule is Cc1cccc(N(C)C(=O)CNC(=O)c2c(Cl)cccc2[N+](=O)[O-])c1. The van der Waals surface area contributed by atoms with Gasteiger partial charge in [0, 0.05) is 18.8 Å². The van der Waals surface area contributed by atoms with Crippen LogP contribution in [0.3, 0.4) is 0 Å². The number of nitrogens with zero attached hydrogens (tertiary/aromatic N) is 2. The van der Waals surface area contributed by atoms with Crippen LogP contribution in [0.1, 0.15) is 15.9 Å². The molecule has 2 rings (SSSR count). The van der Waals surface area contributed by atoms with Crippen LogP contribution >= 0.6 is 11.6 Å². The lowest BCUT2D eigenvalue weighted by Gasteiger charge is -2.18. The minimum Gasteiger partial charge on any atom is -0.343 e. The van der Waals surface area contributed by atoms with Crippen LogP contribution in [0.25, 0.3) is 0 Å². The molecule has 0 fully saturated rings. The number of rotatable bonds is 5. The number of halogens is 1. The number of benzene rings is 2. The molecule has 0 aliphatic heterocycles. The van der Waals surface area contributed by atoms with Crippen LogP contribution in [0, 0.1) is 17.0 Å². The Morgan fingerprint density at radius 3 is 2.56 bits per heavy atom. The second kappa shape index (κ2) is 7.76. The summed E-state index contributed by atoms with van der Waals surface area (Å²) >= 11 is 5.90. The maximum atomic E-state index is 12.2. The van der Waals surface area contributed by atoms with Crippen LogP contribution in [-0.2, 0) is 4.79 Å². The van der Waals surface area contributed by atoms with Gasteiger partial charge >= 0.3 is 0 Å². The summed E-state index contributed by atoms with van der Waals surface area (Å²) in [4.78, 5) is 36.2. The molecule has 0 aliphatic carbocycles. The van der Waals surface area contributed by atoms with E-state index in [1.807, 2.05) is 25.1 Å². The molecule has 7 nitrogen and oxygen atoms in total. The van der Waals surface area contributed by atoms with Gasteiger partial charge < -0.3 is 10.2 Å². The molecule has 0 spiro atoms. The van der Waals surface area contributed by atoms with Crippen molar-refractivity contribution in [2.24, 2.45) is 0 Å². The van der Waals surface area contributed by atoms with Crippen molar-refractivity contribution < 1.29 is 14.5 Å². The Labute approximate surface area is 149 Å². The van der Waals surface area contributed by atoms with E-state index in [4.69, 9.17) is 11.6 Å². The highest BCUT2D eigenvalue weighted by Crippen LogP contribution is 2.26. The van der Waals surface area contributed by atoms with E-state index in [0.717, 1.165) is 5.56 Å². The number of hydrogen-bond acceptors (Lipinski definition) is 4. The summed E-state index contributed by atoms with van der Waals surface area (Å²) in [5.41, 5.74) is 1.00. The van der Waals surface area contributed by atoms with Gasteiger partial charge in [0.1, 0.15) is 5.56 Å². The van der Waals surface area contributed by atoms with E-state index >= 15 is 0 Å². The Bertz CT molecular complexity index is 838. The Kier molecular flexibility index (Phi) is 5.71. The summed E-state index contributed by atoms with van der Waals surface area (Å²) < 4.78 is 0. The second-order valence-corrected chi connectivity index (χ2v) is 5.77. The fourth-order valence-electron chi connectivity index (χ4n) is 2.23. The number of likely N-dealkylation sites (N-methyl/N-ethyl adjacent to an activating group) is 1. The van der Waals surface area contributed by atoms with E-state index < -0.39 is 16.5 Å². The molecule has 0 atom stereocenters. The lowest BCUT2D eigenvalue weighted by molar-refractivity contribution is -0.385. The van der Waals surface area contributed by atoms with Crippen molar-refractivity contribution in [2.75, 3.05) is 18.5 Å². The molecular weight excluding hydrogens is 346 g/mol. The normalized spacial score (nSPS) is 10.2. The van der Waals surface area contributed by atoms with E-state index in [9.17, 15) is 19.7 Å². The molecule has 0 aliphatic rings. The molecule has 130 valence electrons. The third kappa shape index (κ3) is 4.33. The van der Waals surface area contributed by atoms with Gasteiger partial charge in [-0.2, -0.15) is 0 Å². The van der Waals surface area contributed by atoms with Gasteiger partial charge in [-0.25, -0.2) is 0 Å². The smallest absolute Gasteiger partial charge is 0.283 e. The zero-order valence-corrected chi connectivity index (χ0v) is 14.4. The maximum absolute atomic E-state index is 12.2. The Hall–Kier alpha value is -2.93. The van der Waals surface area contributed by atoms with E-state index in [2.05, 4.69) is 5.32 Å². The molecule has 2 aromatic carbocycles. The van der Waals surface area contributed by atoms with Gasteiger partial charge in [0.05, 0.1) is 16.5 Å². The van der Waals surface area contributed by atoms with Crippen LogP contribution in [0.15, 0.2) is 42.5 Å². The number of carbonyl (C=O) groups excluding carboxylic acids is 2. The third-order valence-electron chi connectivity index (χ3n) is 3.58. The lowest BCUT2D eigenvalue weighted by Crippen LogP contribution is -2.38. The summed E-state index contributed by atoms with van der Waals surface area (Å²) in [6, 6.07) is 11.3. The average molecular weight is 362 g/mol. The predicted octanol–water partition coefficient (Wildman–Crippen LogP) is 2.95. The second-order valence-electron chi connectivity index (χ2n) is 5.37. The van der Waals surface area contributed by atoms with E-state index in [1.165, 1.54) is 23.1 Å². The topological polar surface area (TPSA) is 92.6 Å². The molecule has 0 saturated carbocycles. The number of aryl methyl sites for hydroxylation is 1. The average Bonchev–Trinajstić information content (AvgIpc) is 2.58.